The first kappa shape index (κ1) is 19.2. The number of hydrogen-bond acceptors (Lipinski definition) is 7. The van der Waals surface area contributed by atoms with E-state index in [1.165, 1.54) is 22.7 Å². The van der Waals surface area contributed by atoms with Gasteiger partial charge in [0, 0.05) is 13.0 Å². The Hall–Kier alpha value is -2.78. The number of carbonyl (C=O) groups is 1. The van der Waals surface area contributed by atoms with Crippen LogP contribution in [0.15, 0.2) is 23.0 Å². The molecule has 1 N–H and O–H groups in total. The average molecular weight is 441 g/mol. The van der Waals surface area contributed by atoms with E-state index in [1.54, 1.807) is 11.7 Å². The maximum Gasteiger partial charge on any atom is 0.267 e. The quantitative estimate of drug-likeness (QED) is 0.511. The Bertz CT molecular complexity index is 1350. The number of thiazole rings is 1. The Morgan fingerprint density at radius 2 is 2.07 bits per heavy atom. The van der Waals surface area contributed by atoms with Crippen LogP contribution in [-0.4, -0.2) is 27.6 Å². The minimum absolute atomic E-state index is 0.0308. The first-order valence-corrected chi connectivity index (χ1v) is 11.5. The van der Waals surface area contributed by atoms with Crippen LogP contribution in [0.25, 0.3) is 20.4 Å². The van der Waals surface area contributed by atoms with Gasteiger partial charge in [0.05, 0.1) is 27.6 Å². The van der Waals surface area contributed by atoms with Crippen LogP contribution in [0, 0.1) is 6.92 Å². The zero-order valence-corrected chi connectivity index (χ0v) is 18.3. The van der Waals surface area contributed by atoms with Crippen molar-refractivity contribution in [2.45, 2.75) is 39.2 Å². The van der Waals surface area contributed by atoms with E-state index < -0.39 is 0 Å². The van der Waals surface area contributed by atoms with Crippen LogP contribution in [-0.2, 0) is 13.0 Å². The van der Waals surface area contributed by atoms with E-state index in [1.807, 2.05) is 25.1 Å². The molecule has 0 spiro atoms. The number of hydrogen-bond donors (Lipinski definition) is 1. The normalized spacial score (nSPS) is 13.9. The van der Waals surface area contributed by atoms with E-state index in [4.69, 9.17) is 9.72 Å². The summed E-state index contributed by atoms with van der Waals surface area (Å²) in [6, 6.07) is 5.60. The monoisotopic (exact) mass is 440 g/mol. The molecule has 30 heavy (non-hydrogen) atoms. The van der Waals surface area contributed by atoms with Gasteiger partial charge in [-0.15, -0.1) is 11.3 Å². The highest BCUT2D eigenvalue weighted by atomic mass is 32.1. The molecule has 4 aromatic rings. The fourth-order valence-electron chi connectivity index (χ4n) is 3.87. The molecular formula is C21H20N4O3S2. The van der Waals surface area contributed by atoms with E-state index in [0.29, 0.717) is 32.3 Å². The van der Waals surface area contributed by atoms with Gasteiger partial charge in [-0.1, -0.05) is 17.8 Å². The number of aryl methyl sites for hydroxylation is 2. The number of carbonyl (C=O) groups excluding carboxylic acids is 1. The first-order valence-electron chi connectivity index (χ1n) is 9.84. The smallest absolute Gasteiger partial charge is 0.267 e. The highest BCUT2D eigenvalue weighted by Crippen LogP contribution is 2.32. The molecule has 7 nitrogen and oxygen atoms in total. The van der Waals surface area contributed by atoms with Crippen LogP contribution < -0.4 is 15.6 Å². The van der Waals surface area contributed by atoms with E-state index >= 15 is 0 Å². The van der Waals surface area contributed by atoms with E-state index in [2.05, 4.69) is 10.3 Å². The molecule has 1 aliphatic rings. The fraction of sp³-hybridized carbons (Fsp3) is 0.333. The van der Waals surface area contributed by atoms with Gasteiger partial charge in [0.1, 0.15) is 16.4 Å². The van der Waals surface area contributed by atoms with Crippen molar-refractivity contribution < 1.29 is 9.53 Å². The van der Waals surface area contributed by atoms with Crippen LogP contribution >= 0.6 is 22.7 Å². The number of aromatic nitrogens is 3. The Labute approximate surface area is 180 Å². The lowest BCUT2D eigenvalue weighted by Crippen LogP contribution is -2.24. The van der Waals surface area contributed by atoms with Crippen LogP contribution in [0.3, 0.4) is 0 Å². The number of fused-ring (bicyclic) bond motifs is 3. The van der Waals surface area contributed by atoms with E-state index in [9.17, 15) is 9.59 Å². The van der Waals surface area contributed by atoms with Gasteiger partial charge < -0.3 is 4.74 Å². The minimum Gasteiger partial charge on any atom is -0.497 e. The molecule has 0 radical (unpaired) electrons. The van der Waals surface area contributed by atoms with Gasteiger partial charge >= 0.3 is 0 Å². The number of anilines is 1. The second-order valence-corrected chi connectivity index (χ2v) is 9.37. The molecule has 0 fully saturated rings. The SMILES string of the molecule is COc1ccc2nc(NC(=O)c3sc4nc5n(c(=O)c4c3C)CCCCC5)sc2c1. The molecule has 3 aromatic heterocycles. The second kappa shape index (κ2) is 7.48. The van der Waals surface area contributed by atoms with Gasteiger partial charge in [-0.3, -0.25) is 19.5 Å². The summed E-state index contributed by atoms with van der Waals surface area (Å²) in [4.78, 5) is 36.5. The van der Waals surface area contributed by atoms with Crippen molar-refractivity contribution in [1.29, 1.82) is 0 Å². The van der Waals surface area contributed by atoms with Gasteiger partial charge in [0.25, 0.3) is 11.5 Å². The Balaban J connectivity index is 1.51. The molecule has 0 bridgehead atoms. The maximum absolute atomic E-state index is 13.1. The lowest BCUT2D eigenvalue weighted by Gasteiger charge is -2.08. The van der Waals surface area contributed by atoms with Crippen LogP contribution in [0.5, 0.6) is 5.75 Å². The molecule has 154 valence electrons. The van der Waals surface area contributed by atoms with Crippen LogP contribution in [0.1, 0.15) is 40.3 Å². The van der Waals surface area contributed by atoms with Crippen molar-refractivity contribution in [3.63, 3.8) is 0 Å². The molecule has 0 aliphatic carbocycles. The predicted octanol–water partition coefficient (Wildman–Crippen LogP) is 4.36. The van der Waals surface area contributed by atoms with E-state index in [0.717, 1.165) is 47.5 Å². The number of nitrogens with one attached hydrogen (secondary N) is 1. The largest absolute Gasteiger partial charge is 0.497 e. The Kier molecular flexibility index (Phi) is 4.79. The molecule has 9 heteroatoms. The number of benzene rings is 1. The highest BCUT2D eigenvalue weighted by Gasteiger charge is 2.23. The molecule has 0 unspecified atom stereocenters. The number of amides is 1. The summed E-state index contributed by atoms with van der Waals surface area (Å²) < 4.78 is 7.97. The maximum atomic E-state index is 13.1. The molecule has 1 amide bonds. The predicted molar refractivity (Wildman–Crippen MR) is 120 cm³/mol. The number of rotatable bonds is 3. The first-order chi connectivity index (χ1) is 14.5. The zero-order chi connectivity index (χ0) is 20.8. The molecule has 5 rings (SSSR count). The number of ether oxygens (including phenoxy) is 1. The van der Waals surface area contributed by atoms with Gasteiger partial charge in [0.2, 0.25) is 0 Å². The topological polar surface area (TPSA) is 86.1 Å². The van der Waals surface area contributed by atoms with Gasteiger partial charge in [-0.05, 0) is 43.5 Å². The molecule has 1 aliphatic heterocycles. The summed E-state index contributed by atoms with van der Waals surface area (Å²) in [6.07, 6.45) is 3.94. The second-order valence-electron chi connectivity index (χ2n) is 7.34. The minimum atomic E-state index is -0.263. The Morgan fingerprint density at radius 1 is 1.20 bits per heavy atom. The van der Waals surface area contributed by atoms with Crippen molar-refractivity contribution in [3.8, 4) is 5.75 Å². The lowest BCUT2D eigenvalue weighted by atomic mass is 10.2. The third kappa shape index (κ3) is 3.18. The number of methoxy groups -OCH3 is 1. The summed E-state index contributed by atoms with van der Waals surface area (Å²) >= 11 is 2.67. The molecule has 0 saturated heterocycles. The van der Waals surface area contributed by atoms with Crippen molar-refractivity contribution in [3.05, 3.63) is 44.8 Å². The third-order valence-electron chi connectivity index (χ3n) is 5.43. The van der Waals surface area contributed by atoms with Crippen molar-refractivity contribution >= 4 is 54.1 Å². The summed E-state index contributed by atoms with van der Waals surface area (Å²) in [5, 5.41) is 3.96. The lowest BCUT2D eigenvalue weighted by molar-refractivity contribution is 0.103. The van der Waals surface area contributed by atoms with E-state index in [-0.39, 0.29) is 11.5 Å². The summed E-state index contributed by atoms with van der Waals surface area (Å²) in [6.45, 7) is 2.52. The molecule has 0 saturated carbocycles. The summed E-state index contributed by atoms with van der Waals surface area (Å²) in [5.74, 6) is 1.31. The Morgan fingerprint density at radius 3 is 2.90 bits per heavy atom. The number of thiophene rings is 1. The van der Waals surface area contributed by atoms with Gasteiger partial charge in [0.15, 0.2) is 5.13 Å². The third-order valence-corrected chi connectivity index (χ3v) is 7.55. The molecular weight excluding hydrogens is 420 g/mol. The molecule has 1 aromatic carbocycles. The summed E-state index contributed by atoms with van der Waals surface area (Å²) in [5.41, 5.74) is 1.46. The van der Waals surface area contributed by atoms with Gasteiger partial charge in [-0.2, -0.15) is 0 Å². The van der Waals surface area contributed by atoms with Crippen molar-refractivity contribution in [2.75, 3.05) is 12.4 Å². The molecule has 4 heterocycles. The number of nitrogens with zero attached hydrogens (tertiary/aromatic N) is 3. The molecule has 0 atom stereocenters. The highest BCUT2D eigenvalue weighted by molar-refractivity contribution is 7.23. The van der Waals surface area contributed by atoms with Crippen molar-refractivity contribution in [1.82, 2.24) is 14.5 Å². The van der Waals surface area contributed by atoms with Gasteiger partial charge in [-0.25, -0.2) is 9.97 Å². The fourth-order valence-corrected chi connectivity index (χ4v) is 5.84. The van der Waals surface area contributed by atoms with Crippen LogP contribution in [0.4, 0.5) is 5.13 Å². The zero-order valence-electron chi connectivity index (χ0n) is 16.7. The van der Waals surface area contributed by atoms with Crippen molar-refractivity contribution in [2.24, 2.45) is 0 Å². The standard InChI is InChI=1S/C21H20N4O3S2/c1-11-16-19(23-15-6-4-3-5-9-25(15)20(16)27)30-17(11)18(26)24-21-22-13-8-7-12(28-2)10-14(13)29-21/h7-8,10H,3-6,9H2,1-2H3,(H,22,24,26). The van der Waals surface area contributed by atoms with Crippen LogP contribution in [0.2, 0.25) is 0 Å². The average Bonchev–Trinajstić information content (AvgIpc) is 3.18. The summed E-state index contributed by atoms with van der Waals surface area (Å²) in [7, 11) is 1.62.